The van der Waals surface area contributed by atoms with Crippen molar-refractivity contribution >= 4 is 37.4 Å². The molecule has 1 aromatic heterocycles. The molecule has 0 radical (unpaired) electrons. The molecule has 0 amide bonds. The Bertz CT molecular complexity index is 483. The van der Waals surface area contributed by atoms with Gasteiger partial charge in [-0.15, -0.1) is 11.3 Å². The van der Waals surface area contributed by atoms with Crippen LogP contribution >= 0.6 is 27.3 Å². The average molecular weight is 291 g/mol. The first kappa shape index (κ1) is 10.9. The summed E-state index contributed by atoms with van der Waals surface area (Å²) >= 11 is 4.46. The van der Waals surface area contributed by atoms with Crippen molar-refractivity contribution in [3.05, 3.63) is 27.8 Å². The molecule has 0 N–H and O–H groups in total. The van der Waals surface area contributed by atoms with Gasteiger partial charge in [0.05, 0.1) is 4.47 Å². The van der Waals surface area contributed by atoms with Crippen molar-refractivity contribution in [3.63, 3.8) is 0 Å². The first-order valence-electron chi connectivity index (χ1n) is 4.21. The molecule has 15 heavy (non-hydrogen) atoms. The number of benzene rings is 1. The Morgan fingerprint density at radius 3 is 3.00 bits per heavy atom. The van der Waals surface area contributed by atoms with Crippen LogP contribution in [0.25, 0.3) is 10.1 Å². The van der Waals surface area contributed by atoms with Gasteiger partial charge in [-0.25, -0.2) is 0 Å². The molecule has 0 aliphatic rings. The minimum atomic E-state index is -0.217. The number of hydrogen-bond acceptors (Lipinski definition) is 3. The molecule has 0 saturated carbocycles. The summed E-state index contributed by atoms with van der Waals surface area (Å²) < 4.78 is 24.9. The van der Waals surface area contributed by atoms with E-state index in [0.29, 0.717) is 5.75 Å². The second-order valence-electron chi connectivity index (χ2n) is 2.89. The fourth-order valence-electron chi connectivity index (χ4n) is 1.29. The van der Waals surface area contributed by atoms with Crippen LogP contribution in [0.4, 0.5) is 4.39 Å². The maximum absolute atomic E-state index is 13.1. The van der Waals surface area contributed by atoms with E-state index in [4.69, 9.17) is 9.47 Å². The van der Waals surface area contributed by atoms with Crippen LogP contribution in [-0.4, -0.2) is 13.9 Å². The Labute approximate surface area is 98.7 Å². The van der Waals surface area contributed by atoms with E-state index in [1.165, 1.54) is 6.07 Å². The van der Waals surface area contributed by atoms with Crippen LogP contribution in [0.3, 0.4) is 0 Å². The lowest BCUT2D eigenvalue weighted by Gasteiger charge is -2.07. The molecule has 1 aromatic carbocycles. The van der Waals surface area contributed by atoms with E-state index in [0.717, 1.165) is 25.9 Å². The number of ether oxygens (including phenoxy) is 2. The molecule has 0 aliphatic heterocycles. The van der Waals surface area contributed by atoms with Gasteiger partial charge < -0.3 is 9.47 Å². The van der Waals surface area contributed by atoms with Crippen molar-refractivity contribution in [1.82, 2.24) is 0 Å². The Hall–Kier alpha value is -0.650. The van der Waals surface area contributed by atoms with Crippen molar-refractivity contribution in [2.45, 2.75) is 0 Å². The first-order valence-corrected chi connectivity index (χ1v) is 5.82. The molecule has 2 rings (SSSR count). The summed E-state index contributed by atoms with van der Waals surface area (Å²) in [5.74, 6) is 0.620. The number of rotatable bonds is 3. The number of thiophene rings is 1. The molecule has 2 nitrogen and oxygen atoms in total. The fraction of sp³-hybridized carbons (Fsp3) is 0.200. The van der Waals surface area contributed by atoms with Gasteiger partial charge in [-0.3, -0.25) is 0 Å². The van der Waals surface area contributed by atoms with Gasteiger partial charge in [-0.1, -0.05) is 0 Å². The van der Waals surface area contributed by atoms with Crippen molar-refractivity contribution in [2.24, 2.45) is 0 Å². The van der Waals surface area contributed by atoms with Crippen LogP contribution in [0, 0.1) is 5.13 Å². The second-order valence-corrected chi connectivity index (χ2v) is 4.78. The maximum Gasteiger partial charge on any atom is 0.188 e. The minimum Gasteiger partial charge on any atom is -0.466 e. The van der Waals surface area contributed by atoms with E-state index in [-0.39, 0.29) is 11.9 Å². The molecule has 0 fully saturated rings. The zero-order valence-corrected chi connectivity index (χ0v) is 10.3. The van der Waals surface area contributed by atoms with Crippen LogP contribution in [-0.2, 0) is 4.74 Å². The van der Waals surface area contributed by atoms with Gasteiger partial charge in [0.1, 0.15) is 5.75 Å². The van der Waals surface area contributed by atoms with Crippen LogP contribution in [0.2, 0.25) is 0 Å². The highest BCUT2D eigenvalue weighted by Crippen LogP contribution is 2.37. The van der Waals surface area contributed by atoms with E-state index in [1.807, 2.05) is 12.1 Å². The zero-order valence-electron chi connectivity index (χ0n) is 7.92. The van der Waals surface area contributed by atoms with Gasteiger partial charge in [0.15, 0.2) is 11.9 Å². The lowest BCUT2D eigenvalue weighted by atomic mass is 10.2. The van der Waals surface area contributed by atoms with Crippen molar-refractivity contribution < 1.29 is 13.9 Å². The van der Waals surface area contributed by atoms with E-state index < -0.39 is 0 Å². The topological polar surface area (TPSA) is 18.5 Å². The third kappa shape index (κ3) is 2.14. The Morgan fingerprint density at radius 2 is 2.27 bits per heavy atom. The summed E-state index contributed by atoms with van der Waals surface area (Å²) in [6, 6.07) is 5.16. The lowest BCUT2D eigenvalue weighted by Crippen LogP contribution is -1.99. The van der Waals surface area contributed by atoms with Gasteiger partial charge >= 0.3 is 0 Å². The number of halogens is 2. The summed E-state index contributed by atoms with van der Waals surface area (Å²) in [6.45, 7) is 0.148. The largest absolute Gasteiger partial charge is 0.466 e. The molecule has 1 heterocycles. The Morgan fingerprint density at radius 1 is 1.47 bits per heavy atom. The predicted molar refractivity (Wildman–Crippen MR) is 62.0 cm³/mol. The van der Waals surface area contributed by atoms with Gasteiger partial charge in [-0.05, 0) is 34.1 Å². The highest BCUT2D eigenvalue weighted by Gasteiger charge is 2.10. The third-order valence-corrected chi connectivity index (χ3v) is 3.41. The molecule has 0 saturated heterocycles. The van der Waals surface area contributed by atoms with Gasteiger partial charge in [0.25, 0.3) is 0 Å². The summed E-state index contributed by atoms with van der Waals surface area (Å²) in [5, 5.41) is 0.550. The monoisotopic (exact) mass is 290 g/mol. The lowest BCUT2D eigenvalue weighted by molar-refractivity contribution is 0.0517. The molecule has 0 atom stereocenters. The average Bonchev–Trinajstić information content (AvgIpc) is 2.57. The molecule has 5 heteroatoms. The second kappa shape index (κ2) is 4.47. The molecule has 80 valence electrons. The third-order valence-electron chi connectivity index (χ3n) is 1.89. The predicted octanol–water partition coefficient (Wildman–Crippen LogP) is 3.79. The minimum absolute atomic E-state index is 0.148. The van der Waals surface area contributed by atoms with Gasteiger partial charge in [-0.2, -0.15) is 4.39 Å². The summed E-state index contributed by atoms with van der Waals surface area (Å²) in [7, 11) is 1.54. The number of methoxy groups -OCH3 is 1. The maximum atomic E-state index is 13.1. The van der Waals surface area contributed by atoms with E-state index in [2.05, 4.69) is 15.9 Å². The van der Waals surface area contributed by atoms with E-state index >= 15 is 0 Å². The van der Waals surface area contributed by atoms with E-state index in [1.54, 1.807) is 7.11 Å². The molecular formula is C10H8BrFO2S. The first-order chi connectivity index (χ1) is 7.22. The molecule has 0 bridgehead atoms. The zero-order chi connectivity index (χ0) is 10.8. The van der Waals surface area contributed by atoms with Crippen LogP contribution in [0.15, 0.2) is 22.7 Å². The smallest absolute Gasteiger partial charge is 0.188 e. The Kier molecular flexibility index (Phi) is 3.23. The SMILES string of the molecule is COCOc1c(Br)ccc2sc(F)cc12. The van der Waals surface area contributed by atoms with Crippen molar-refractivity contribution in [1.29, 1.82) is 0 Å². The normalized spacial score (nSPS) is 10.9. The van der Waals surface area contributed by atoms with Gasteiger partial charge in [0.2, 0.25) is 0 Å². The molecular weight excluding hydrogens is 283 g/mol. The fourth-order valence-corrected chi connectivity index (χ4v) is 2.54. The van der Waals surface area contributed by atoms with Crippen LogP contribution in [0.1, 0.15) is 0 Å². The summed E-state index contributed by atoms with van der Waals surface area (Å²) in [4.78, 5) is 0. The highest BCUT2D eigenvalue weighted by atomic mass is 79.9. The van der Waals surface area contributed by atoms with Gasteiger partial charge in [0, 0.05) is 17.2 Å². The van der Waals surface area contributed by atoms with Crippen molar-refractivity contribution in [3.8, 4) is 5.75 Å². The quantitative estimate of drug-likeness (QED) is 0.801. The molecule has 0 unspecified atom stereocenters. The summed E-state index contributed by atoms with van der Waals surface area (Å²) in [5.41, 5.74) is 0. The van der Waals surface area contributed by atoms with Crippen LogP contribution in [0.5, 0.6) is 5.75 Å². The van der Waals surface area contributed by atoms with Crippen LogP contribution < -0.4 is 4.74 Å². The molecule has 0 aliphatic carbocycles. The van der Waals surface area contributed by atoms with E-state index in [9.17, 15) is 4.39 Å². The number of fused-ring (bicyclic) bond motifs is 1. The standard InChI is InChI=1S/C10H8BrFO2S/c1-13-5-14-10-6-4-9(12)15-8(6)3-2-7(10)11/h2-4H,5H2,1H3. The number of hydrogen-bond donors (Lipinski definition) is 0. The highest BCUT2D eigenvalue weighted by molar-refractivity contribution is 9.10. The molecule has 2 aromatic rings. The summed E-state index contributed by atoms with van der Waals surface area (Å²) in [6.07, 6.45) is 0. The Balaban J connectivity index is 2.52. The molecule has 0 spiro atoms. The van der Waals surface area contributed by atoms with Crippen molar-refractivity contribution in [2.75, 3.05) is 13.9 Å².